The molecule has 0 amide bonds. The number of hydrogen-bond donors (Lipinski definition) is 1. The highest BCUT2D eigenvalue weighted by Crippen LogP contribution is 2.25. The predicted molar refractivity (Wildman–Crippen MR) is 99.2 cm³/mol. The Hall–Kier alpha value is -3.35. The zero-order chi connectivity index (χ0) is 18.5. The van der Waals surface area contributed by atoms with Crippen molar-refractivity contribution < 1.29 is 4.39 Å². The van der Waals surface area contributed by atoms with Gasteiger partial charge in [-0.25, -0.2) is 9.37 Å². The standard InChI is InChI=1S/C20H12FN3OS/c1-26-20-23-18(17(12-22)19(25)24-20)16-10-9-15(21)11-14(16)8-7-13-5-3-2-4-6-13/h2-6,9-11H,1H3,(H,23,24,25). The maximum absolute atomic E-state index is 13.8. The fourth-order valence-electron chi connectivity index (χ4n) is 2.34. The third-order valence-electron chi connectivity index (χ3n) is 3.55. The molecule has 0 saturated heterocycles. The number of rotatable bonds is 2. The zero-order valence-electron chi connectivity index (χ0n) is 13.7. The summed E-state index contributed by atoms with van der Waals surface area (Å²) in [5, 5.41) is 9.72. The minimum absolute atomic E-state index is 0.128. The normalized spacial score (nSPS) is 9.88. The number of thioether (sulfide) groups is 1. The van der Waals surface area contributed by atoms with E-state index >= 15 is 0 Å². The minimum Gasteiger partial charge on any atom is -0.300 e. The lowest BCUT2D eigenvalue weighted by molar-refractivity contribution is 0.627. The van der Waals surface area contributed by atoms with Gasteiger partial charge in [0, 0.05) is 16.7 Å². The van der Waals surface area contributed by atoms with E-state index < -0.39 is 11.4 Å². The molecule has 1 aromatic heterocycles. The molecular weight excluding hydrogens is 349 g/mol. The van der Waals surface area contributed by atoms with Crippen LogP contribution in [-0.4, -0.2) is 16.2 Å². The van der Waals surface area contributed by atoms with E-state index in [4.69, 9.17) is 0 Å². The summed E-state index contributed by atoms with van der Waals surface area (Å²) in [6.45, 7) is 0. The van der Waals surface area contributed by atoms with Crippen molar-refractivity contribution in [3.8, 4) is 29.2 Å². The number of nitrogens with zero attached hydrogens (tertiary/aromatic N) is 2. The van der Waals surface area contributed by atoms with Crippen LogP contribution < -0.4 is 5.56 Å². The molecule has 0 unspecified atom stereocenters. The Kier molecular flexibility index (Phi) is 5.17. The summed E-state index contributed by atoms with van der Waals surface area (Å²) in [5.41, 5.74) is 1.10. The summed E-state index contributed by atoms with van der Waals surface area (Å²) in [5.74, 6) is 5.42. The average molecular weight is 361 g/mol. The molecule has 0 spiro atoms. The van der Waals surface area contributed by atoms with Crippen molar-refractivity contribution in [1.29, 1.82) is 5.26 Å². The van der Waals surface area contributed by atoms with Crippen LogP contribution in [-0.2, 0) is 0 Å². The van der Waals surface area contributed by atoms with Crippen LogP contribution in [0.1, 0.15) is 16.7 Å². The molecule has 1 heterocycles. The molecule has 0 radical (unpaired) electrons. The van der Waals surface area contributed by atoms with Gasteiger partial charge in [-0.1, -0.05) is 41.8 Å². The van der Waals surface area contributed by atoms with Gasteiger partial charge in [0.25, 0.3) is 5.56 Å². The summed E-state index contributed by atoms with van der Waals surface area (Å²) in [6.07, 6.45) is 1.76. The Morgan fingerprint density at radius 1 is 1.15 bits per heavy atom. The highest BCUT2D eigenvalue weighted by Gasteiger charge is 2.16. The molecule has 0 saturated carbocycles. The molecule has 0 aliphatic carbocycles. The van der Waals surface area contributed by atoms with Gasteiger partial charge in [-0.05, 0) is 36.6 Å². The van der Waals surface area contributed by atoms with Crippen LogP contribution in [0.3, 0.4) is 0 Å². The summed E-state index contributed by atoms with van der Waals surface area (Å²) in [7, 11) is 0. The van der Waals surface area contributed by atoms with Crippen molar-refractivity contribution in [2.24, 2.45) is 0 Å². The molecule has 0 aliphatic heterocycles. The molecule has 1 N–H and O–H groups in total. The van der Waals surface area contributed by atoms with Crippen LogP contribution in [0.2, 0.25) is 0 Å². The first-order valence-electron chi connectivity index (χ1n) is 7.58. The van der Waals surface area contributed by atoms with Crippen LogP contribution in [0.25, 0.3) is 11.3 Å². The van der Waals surface area contributed by atoms with Crippen LogP contribution >= 0.6 is 11.8 Å². The molecule has 0 fully saturated rings. The van der Waals surface area contributed by atoms with Crippen LogP contribution in [0, 0.1) is 29.0 Å². The predicted octanol–water partition coefficient (Wildman–Crippen LogP) is 3.57. The van der Waals surface area contributed by atoms with Crippen LogP contribution in [0.5, 0.6) is 0 Å². The lowest BCUT2D eigenvalue weighted by atomic mass is 10.0. The summed E-state index contributed by atoms with van der Waals surface area (Å²) >= 11 is 1.24. The number of nitrogens with one attached hydrogen (secondary N) is 1. The second kappa shape index (κ2) is 7.69. The van der Waals surface area contributed by atoms with Crippen molar-refractivity contribution in [2.45, 2.75) is 5.16 Å². The maximum Gasteiger partial charge on any atom is 0.270 e. The number of nitriles is 1. The van der Waals surface area contributed by atoms with Crippen molar-refractivity contribution in [2.75, 3.05) is 6.26 Å². The Morgan fingerprint density at radius 3 is 2.62 bits per heavy atom. The molecule has 2 aromatic carbocycles. The van der Waals surface area contributed by atoms with E-state index in [0.717, 1.165) is 5.56 Å². The largest absolute Gasteiger partial charge is 0.300 e. The Labute approximate surface area is 153 Å². The van der Waals surface area contributed by atoms with Gasteiger partial charge in [-0.3, -0.25) is 4.79 Å². The molecule has 6 heteroatoms. The molecule has 3 rings (SSSR count). The van der Waals surface area contributed by atoms with Gasteiger partial charge in [0.05, 0.1) is 5.69 Å². The van der Waals surface area contributed by atoms with Gasteiger partial charge in [0.15, 0.2) is 5.16 Å². The van der Waals surface area contributed by atoms with Gasteiger partial charge in [-0.2, -0.15) is 5.26 Å². The summed E-state index contributed by atoms with van der Waals surface area (Å²) in [6, 6.07) is 15.1. The van der Waals surface area contributed by atoms with E-state index in [1.807, 2.05) is 36.4 Å². The van der Waals surface area contributed by atoms with E-state index in [1.165, 1.54) is 30.0 Å². The number of hydrogen-bond acceptors (Lipinski definition) is 4. The fraction of sp³-hybridized carbons (Fsp3) is 0.0500. The van der Waals surface area contributed by atoms with Gasteiger partial charge in [-0.15, -0.1) is 0 Å². The maximum atomic E-state index is 13.8. The zero-order valence-corrected chi connectivity index (χ0v) is 14.5. The molecule has 26 heavy (non-hydrogen) atoms. The number of aromatic nitrogens is 2. The first-order chi connectivity index (χ1) is 12.6. The quantitative estimate of drug-likeness (QED) is 0.430. The Balaban J connectivity index is 2.22. The fourth-order valence-corrected chi connectivity index (χ4v) is 2.71. The molecule has 4 nitrogen and oxygen atoms in total. The first-order valence-corrected chi connectivity index (χ1v) is 8.80. The number of aromatic amines is 1. The van der Waals surface area contributed by atoms with Crippen molar-refractivity contribution in [1.82, 2.24) is 9.97 Å². The Morgan fingerprint density at radius 2 is 1.92 bits per heavy atom. The van der Waals surface area contributed by atoms with E-state index in [-0.39, 0.29) is 11.3 Å². The van der Waals surface area contributed by atoms with E-state index in [2.05, 4.69) is 21.8 Å². The second-order valence-electron chi connectivity index (χ2n) is 5.22. The van der Waals surface area contributed by atoms with Crippen molar-refractivity contribution in [3.05, 3.63) is 81.4 Å². The third-order valence-corrected chi connectivity index (χ3v) is 4.13. The summed E-state index contributed by atoms with van der Waals surface area (Å²) in [4.78, 5) is 19.0. The molecule has 3 aromatic rings. The van der Waals surface area contributed by atoms with E-state index in [0.29, 0.717) is 16.3 Å². The third kappa shape index (κ3) is 3.66. The lowest BCUT2D eigenvalue weighted by Crippen LogP contribution is -2.15. The monoisotopic (exact) mass is 361 g/mol. The van der Waals surface area contributed by atoms with Gasteiger partial charge >= 0.3 is 0 Å². The van der Waals surface area contributed by atoms with Crippen molar-refractivity contribution >= 4 is 11.8 Å². The molecule has 0 atom stereocenters. The van der Waals surface area contributed by atoms with Gasteiger partial charge < -0.3 is 4.98 Å². The molecule has 0 aliphatic rings. The molecular formula is C20H12FN3OS. The number of benzene rings is 2. The van der Waals surface area contributed by atoms with Gasteiger partial charge in [0.2, 0.25) is 0 Å². The highest BCUT2D eigenvalue weighted by atomic mass is 32.2. The van der Waals surface area contributed by atoms with E-state index in [9.17, 15) is 14.4 Å². The van der Waals surface area contributed by atoms with Crippen molar-refractivity contribution in [3.63, 3.8) is 0 Å². The first kappa shape index (κ1) is 17.5. The number of halogens is 1. The minimum atomic E-state index is -0.534. The molecule has 126 valence electrons. The number of H-pyrrole nitrogens is 1. The smallest absolute Gasteiger partial charge is 0.270 e. The Bertz CT molecular complexity index is 1120. The average Bonchev–Trinajstić information content (AvgIpc) is 2.66. The lowest BCUT2D eigenvalue weighted by Gasteiger charge is -2.07. The van der Waals surface area contributed by atoms with E-state index in [1.54, 1.807) is 6.26 Å². The van der Waals surface area contributed by atoms with Crippen LogP contribution in [0.4, 0.5) is 4.39 Å². The topological polar surface area (TPSA) is 69.5 Å². The molecule has 0 bridgehead atoms. The highest BCUT2D eigenvalue weighted by molar-refractivity contribution is 7.98. The van der Waals surface area contributed by atoms with Gasteiger partial charge in [0.1, 0.15) is 17.4 Å². The summed E-state index contributed by atoms with van der Waals surface area (Å²) < 4.78 is 13.8. The van der Waals surface area contributed by atoms with Crippen LogP contribution in [0.15, 0.2) is 58.5 Å². The second-order valence-corrected chi connectivity index (χ2v) is 6.01. The SMILES string of the molecule is CSc1nc(-c2ccc(F)cc2C#Cc2ccccc2)c(C#N)c(=O)[nH]1.